The lowest BCUT2D eigenvalue weighted by Gasteiger charge is -2.26. The smallest absolute Gasteiger partial charge is 0.0841 e. The van der Waals surface area contributed by atoms with Gasteiger partial charge in [-0.05, 0) is 44.9 Å². The minimum absolute atomic E-state index is 0.510. The molecule has 0 saturated carbocycles. The Bertz CT molecular complexity index is 417. The Morgan fingerprint density at radius 1 is 1.35 bits per heavy atom. The quantitative estimate of drug-likeness (QED) is 0.847. The Morgan fingerprint density at radius 3 is 2.53 bits per heavy atom. The predicted octanol–water partition coefficient (Wildman–Crippen LogP) is 3.25. The molecule has 2 rings (SSSR count). The number of nitrogens with zero attached hydrogens (tertiary/aromatic N) is 1. The van der Waals surface area contributed by atoms with Gasteiger partial charge in [0.25, 0.3) is 0 Å². The van der Waals surface area contributed by atoms with E-state index in [9.17, 15) is 5.11 Å². The summed E-state index contributed by atoms with van der Waals surface area (Å²) in [5, 5.41) is 10.1. The third-order valence-corrected chi connectivity index (χ3v) is 3.67. The van der Waals surface area contributed by atoms with Gasteiger partial charge in [-0.2, -0.15) is 0 Å². The summed E-state index contributed by atoms with van der Waals surface area (Å²) in [5.74, 6) is 0.586. The zero-order chi connectivity index (χ0) is 12.8. The molecule has 1 aliphatic rings. The van der Waals surface area contributed by atoms with E-state index in [0.717, 1.165) is 12.1 Å². The molecule has 0 aliphatic carbocycles. The number of hydrogen-bond acceptors (Lipinski definition) is 2. The van der Waals surface area contributed by atoms with Gasteiger partial charge in [0.2, 0.25) is 0 Å². The molecule has 1 aromatic rings. The fourth-order valence-corrected chi connectivity index (χ4v) is 2.57. The molecule has 0 bridgehead atoms. The van der Waals surface area contributed by atoms with E-state index in [-0.39, 0.29) is 0 Å². The van der Waals surface area contributed by atoms with Crippen LogP contribution in [0.25, 0.3) is 0 Å². The third kappa shape index (κ3) is 2.19. The maximum atomic E-state index is 10.1. The predicted molar refractivity (Wildman–Crippen MR) is 72.6 cm³/mol. The zero-order valence-corrected chi connectivity index (χ0v) is 11.5. The van der Waals surface area contributed by atoms with Crippen molar-refractivity contribution in [2.45, 2.75) is 52.2 Å². The number of rotatable bonds is 2. The van der Waals surface area contributed by atoms with E-state index in [1.807, 2.05) is 13.8 Å². The first-order chi connectivity index (χ1) is 7.80. The second-order valence-electron chi connectivity index (χ2n) is 5.98. The van der Waals surface area contributed by atoms with Crippen LogP contribution < -0.4 is 4.90 Å². The minimum atomic E-state index is -0.760. The molecule has 0 saturated heterocycles. The largest absolute Gasteiger partial charge is 0.386 e. The van der Waals surface area contributed by atoms with E-state index in [0.29, 0.717) is 12.0 Å². The second-order valence-corrected chi connectivity index (χ2v) is 5.98. The molecule has 0 fully saturated rings. The maximum Gasteiger partial charge on any atom is 0.0841 e. The molecular weight excluding hydrogens is 210 g/mol. The van der Waals surface area contributed by atoms with Gasteiger partial charge in [-0.3, -0.25) is 0 Å². The van der Waals surface area contributed by atoms with Crippen molar-refractivity contribution in [1.29, 1.82) is 0 Å². The van der Waals surface area contributed by atoms with Crippen molar-refractivity contribution in [2.24, 2.45) is 0 Å². The highest BCUT2D eigenvalue weighted by Gasteiger charge is 2.28. The van der Waals surface area contributed by atoms with Gasteiger partial charge in [0.15, 0.2) is 0 Å². The summed E-state index contributed by atoms with van der Waals surface area (Å²) >= 11 is 0. The standard InChI is InChI=1S/C15H23NO/c1-10(2)16-9-11(3)13-7-6-12(8-14(13)16)15(4,5)17/h6-8,10-11,17H,9H2,1-5H3. The van der Waals surface area contributed by atoms with Crippen molar-refractivity contribution in [3.8, 4) is 0 Å². The van der Waals surface area contributed by atoms with Crippen LogP contribution in [0.2, 0.25) is 0 Å². The van der Waals surface area contributed by atoms with Crippen LogP contribution in [0, 0.1) is 0 Å². The molecule has 94 valence electrons. The van der Waals surface area contributed by atoms with Crippen molar-refractivity contribution in [3.05, 3.63) is 29.3 Å². The molecule has 0 aromatic heterocycles. The van der Waals surface area contributed by atoms with Gasteiger partial charge in [0, 0.05) is 24.2 Å². The van der Waals surface area contributed by atoms with Crippen molar-refractivity contribution in [3.63, 3.8) is 0 Å². The summed E-state index contributed by atoms with van der Waals surface area (Å²) < 4.78 is 0. The summed E-state index contributed by atoms with van der Waals surface area (Å²) in [7, 11) is 0. The fourth-order valence-electron chi connectivity index (χ4n) is 2.57. The number of anilines is 1. The van der Waals surface area contributed by atoms with Crippen LogP contribution >= 0.6 is 0 Å². The average molecular weight is 233 g/mol. The molecule has 1 atom stereocenters. The first-order valence-electron chi connectivity index (χ1n) is 6.44. The van der Waals surface area contributed by atoms with Crippen LogP contribution in [0.1, 0.15) is 51.7 Å². The molecule has 2 nitrogen and oxygen atoms in total. The Morgan fingerprint density at radius 2 is 2.00 bits per heavy atom. The molecule has 17 heavy (non-hydrogen) atoms. The normalized spacial score (nSPS) is 19.9. The van der Waals surface area contributed by atoms with Crippen LogP contribution in [-0.4, -0.2) is 17.7 Å². The molecule has 0 spiro atoms. The summed E-state index contributed by atoms with van der Waals surface area (Å²) in [5.41, 5.74) is 2.94. The Balaban J connectivity index is 2.47. The topological polar surface area (TPSA) is 23.5 Å². The SMILES string of the molecule is CC1CN(C(C)C)c2cc(C(C)(C)O)ccc21. The van der Waals surface area contributed by atoms with Crippen molar-refractivity contribution < 1.29 is 5.11 Å². The van der Waals surface area contributed by atoms with Gasteiger partial charge in [-0.15, -0.1) is 0 Å². The molecule has 0 amide bonds. The highest BCUT2D eigenvalue weighted by molar-refractivity contribution is 5.62. The lowest BCUT2D eigenvalue weighted by Crippen LogP contribution is -2.29. The second kappa shape index (κ2) is 4.02. The van der Waals surface area contributed by atoms with Gasteiger partial charge in [-0.25, -0.2) is 0 Å². The number of benzene rings is 1. The van der Waals surface area contributed by atoms with E-state index >= 15 is 0 Å². The van der Waals surface area contributed by atoms with Gasteiger partial charge in [0.1, 0.15) is 0 Å². The van der Waals surface area contributed by atoms with Gasteiger partial charge >= 0.3 is 0 Å². The lowest BCUT2D eigenvalue weighted by molar-refractivity contribution is 0.0786. The summed E-state index contributed by atoms with van der Waals surface area (Å²) in [6.07, 6.45) is 0. The van der Waals surface area contributed by atoms with Crippen LogP contribution in [0.5, 0.6) is 0 Å². The average Bonchev–Trinajstić information content (AvgIpc) is 2.54. The van der Waals surface area contributed by atoms with E-state index < -0.39 is 5.60 Å². The van der Waals surface area contributed by atoms with Crippen LogP contribution in [0.3, 0.4) is 0 Å². The molecular formula is C15H23NO. The molecule has 1 heterocycles. The zero-order valence-electron chi connectivity index (χ0n) is 11.5. The highest BCUT2D eigenvalue weighted by Crippen LogP contribution is 2.39. The lowest BCUT2D eigenvalue weighted by atomic mass is 9.94. The number of aliphatic hydroxyl groups is 1. The van der Waals surface area contributed by atoms with E-state index in [1.165, 1.54) is 11.3 Å². The molecule has 1 aromatic carbocycles. The van der Waals surface area contributed by atoms with E-state index in [1.54, 1.807) is 0 Å². The van der Waals surface area contributed by atoms with E-state index in [4.69, 9.17) is 0 Å². The monoisotopic (exact) mass is 233 g/mol. The molecule has 1 N–H and O–H groups in total. The van der Waals surface area contributed by atoms with E-state index in [2.05, 4.69) is 43.9 Å². The summed E-state index contributed by atoms with van der Waals surface area (Å²) in [6, 6.07) is 6.89. The van der Waals surface area contributed by atoms with Crippen molar-refractivity contribution >= 4 is 5.69 Å². The van der Waals surface area contributed by atoms with Gasteiger partial charge < -0.3 is 10.0 Å². The summed E-state index contributed by atoms with van der Waals surface area (Å²) in [6.45, 7) is 11.5. The maximum absolute atomic E-state index is 10.1. The molecule has 0 radical (unpaired) electrons. The van der Waals surface area contributed by atoms with Gasteiger partial charge in [0.05, 0.1) is 5.60 Å². The first kappa shape index (κ1) is 12.4. The van der Waals surface area contributed by atoms with Crippen LogP contribution in [-0.2, 0) is 5.60 Å². The molecule has 2 heteroatoms. The minimum Gasteiger partial charge on any atom is -0.386 e. The first-order valence-corrected chi connectivity index (χ1v) is 6.44. The number of fused-ring (bicyclic) bond motifs is 1. The van der Waals surface area contributed by atoms with Crippen molar-refractivity contribution in [1.82, 2.24) is 0 Å². The Kier molecular flexibility index (Phi) is 2.94. The number of hydrogen-bond donors (Lipinski definition) is 1. The Hall–Kier alpha value is -1.02. The van der Waals surface area contributed by atoms with Crippen LogP contribution in [0.4, 0.5) is 5.69 Å². The summed E-state index contributed by atoms with van der Waals surface area (Å²) in [4.78, 5) is 2.43. The van der Waals surface area contributed by atoms with Crippen molar-refractivity contribution in [2.75, 3.05) is 11.4 Å². The molecule has 1 unspecified atom stereocenters. The third-order valence-electron chi connectivity index (χ3n) is 3.67. The highest BCUT2D eigenvalue weighted by atomic mass is 16.3. The Labute approximate surface area is 104 Å². The fraction of sp³-hybridized carbons (Fsp3) is 0.600. The van der Waals surface area contributed by atoms with Gasteiger partial charge in [-0.1, -0.05) is 19.1 Å². The van der Waals surface area contributed by atoms with Crippen LogP contribution in [0.15, 0.2) is 18.2 Å². The molecule has 1 aliphatic heterocycles.